The maximum absolute atomic E-state index is 4.47. The van der Waals surface area contributed by atoms with E-state index in [9.17, 15) is 0 Å². The summed E-state index contributed by atoms with van der Waals surface area (Å²) >= 11 is 0. The van der Waals surface area contributed by atoms with E-state index in [0.717, 1.165) is 48.3 Å². The van der Waals surface area contributed by atoms with Crippen molar-refractivity contribution in [2.24, 2.45) is 4.99 Å². The Kier molecular flexibility index (Phi) is 7.18. The molecule has 0 amide bonds. The van der Waals surface area contributed by atoms with Gasteiger partial charge in [-0.05, 0) is 37.1 Å². The zero-order chi connectivity index (χ0) is 19.3. The smallest absolute Gasteiger partial charge is 0.191 e. The first kappa shape index (κ1) is 21.2. The van der Waals surface area contributed by atoms with Gasteiger partial charge in [0.05, 0.1) is 12.2 Å². The summed E-state index contributed by atoms with van der Waals surface area (Å²) in [5.74, 6) is 2.71. The maximum atomic E-state index is 4.47. The summed E-state index contributed by atoms with van der Waals surface area (Å²) in [5.41, 5.74) is 3.28. The largest absolute Gasteiger partial charge is 0.352 e. The van der Waals surface area contributed by atoms with E-state index in [1.54, 1.807) is 7.05 Å². The van der Waals surface area contributed by atoms with Gasteiger partial charge in [-0.25, -0.2) is 9.67 Å². The van der Waals surface area contributed by atoms with Crippen molar-refractivity contribution in [3.05, 3.63) is 65.9 Å². The molecule has 2 N–H and O–H groups in total. The number of benzene rings is 1. The highest BCUT2D eigenvalue weighted by Gasteiger charge is 2.21. The number of nitrogens with one attached hydrogen (secondary N) is 2. The highest BCUT2D eigenvalue weighted by atomic mass is 127. The molecule has 0 saturated heterocycles. The van der Waals surface area contributed by atoms with Crippen molar-refractivity contribution in [3.8, 4) is 11.3 Å². The molecule has 1 unspecified atom stereocenters. The van der Waals surface area contributed by atoms with Crippen molar-refractivity contribution in [2.75, 3.05) is 7.05 Å². The van der Waals surface area contributed by atoms with Crippen LogP contribution in [-0.4, -0.2) is 38.8 Å². The Bertz CT molecular complexity index is 968. The number of fused-ring (bicyclic) bond motifs is 1. The van der Waals surface area contributed by atoms with Gasteiger partial charge in [0.1, 0.15) is 11.6 Å². The van der Waals surface area contributed by atoms with Gasteiger partial charge >= 0.3 is 0 Å². The summed E-state index contributed by atoms with van der Waals surface area (Å²) < 4.78 is 2.00. The lowest BCUT2D eigenvalue weighted by Crippen LogP contribution is -2.46. The summed E-state index contributed by atoms with van der Waals surface area (Å²) in [5, 5.41) is 11.4. The summed E-state index contributed by atoms with van der Waals surface area (Å²) in [6.45, 7) is 3.44. The minimum absolute atomic E-state index is 0. The lowest BCUT2D eigenvalue weighted by atomic mass is 10.1. The second kappa shape index (κ2) is 9.82. The maximum Gasteiger partial charge on any atom is 0.191 e. The molecule has 29 heavy (non-hydrogen) atoms. The van der Waals surface area contributed by atoms with E-state index in [1.807, 2.05) is 36.0 Å². The van der Waals surface area contributed by atoms with Crippen molar-refractivity contribution < 1.29 is 0 Å². The van der Waals surface area contributed by atoms with Crippen LogP contribution < -0.4 is 10.6 Å². The summed E-state index contributed by atoms with van der Waals surface area (Å²) in [6, 6.07) is 14.7. The Hall–Kier alpha value is -2.49. The van der Waals surface area contributed by atoms with Crippen LogP contribution >= 0.6 is 24.0 Å². The third kappa shape index (κ3) is 5.31. The normalized spacial score (nSPS) is 15.9. The molecule has 4 rings (SSSR count). The van der Waals surface area contributed by atoms with Gasteiger partial charge in [-0.15, -0.1) is 24.0 Å². The molecule has 2 aromatic heterocycles. The second-order valence-electron chi connectivity index (χ2n) is 6.98. The van der Waals surface area contributed by atoms with Crippen LogP contribution in [0.4, 0.5) is 0 Å². The minimum Gasteiger partial charge on any atom is -0.352 e. The number of guanidine groups is 1. The number of nitrogens with zero attached hydrogens (tertiary/aromatic N) is 5. The van der Waals surface area contributed by atoms with Crippen LogP contribution in [0.3, 0.4) is 0 Å². The molecule has 8 heteroatoms. The zero-order valence-corrected chi connectivity index (χ0v) is 19.0. The fourth-order valence-electron chi connectivity index (χ4n) is 3.50. The van der Waals surface area contributed by atoms with Crippen molar-refractivity contribution >= 4 is 29.9 Å². The molecule has 1 aromatic carbocycles. The molecule has 3 aromatic rings. The molecule has 7 nitrogen and oxygen atoms in total. The first-order chi connectivity index (χ1) is 13.7. The number of hydrogen-bond acceptors (Lipinski definition) is 4. The molecule has 0 fully saturated rings. The average Bonchev–Trinajstić information content (AvgIpc) is 3.11. The van der Waals surface area contributed by atoms with Gasteiger partial charge in [-0.1, -0.05) is 24.3 Å². The van der Waals surface area contributed by atoms with Gasteiger partial charge in [0, 0.05) is 37.8 Å². The Morgan fingerprint density at radius 2 is 2.14 bits per heavy atom. The van der Waals surface area contributed by atoms with Gasteiger partial charge in [-0.3, -0.25) is 9.98 Å². The first-order valence-electron chi connectivity index (χ1n) is 9.59. The van der Waals surface area contributed by atoms with Gasteiger partial charge < -0.3 is 10.6 Å². The number of pyridine rings is 1. The predicted molar refractivity (Wildman–Crippen MR) is 125 cm³/mol. The Balaban J connectivity index is 0.00000240. The van der Waals surface area contributed by atoms with E-state index in [0.29, 0.717) is 12.6 Å². The molecule has 0 radical (unpaired) electrons. The van der Waals surface area contributed by atoms with Crippen LogP contribution in [0.1, 0.15) is 23.6 Å². The fraction of sp³-hybridized carbons (Fsp3) is 0.333. The number of halogens is 1. The molecule has 1 aliphatic rings. The van der Waals surface area contributed by atoms with E-state index < -0.39 is 0 Å². The topological polar surface area (TPSA) is 80.0 Å². The molecule has 0 aliphatic carbocycles. The Morgan fingerprint density at radius 1 is 1.24 bits per heavy atom. The van der Waals surface area contributed by atoms with Crippen LogP contribution in [0.25, 0.3) is 11.3 Å². The summed E-state index contributed by atoms with van der Waals surface area (Å²) in [4.78, 5) is 13.3. The number of aliphatic imine (C=N–C) groups is 1. The second-order valence-corrected chi connectivity index (χ2v) is 6.98. The Labute approximate surface area is 188 Å². The number of aryl methyl sites for hydroxylation is 2. The SMILES string of the molecule is CN=C(NCc1cccc(-c2ccccn2)c1)NC1CCc2nc(C)nn2C1.I. The van der Waals surface area contributed by atoms with E-state index in [-0.39, 0.29) is 24.0 Å². The van der Waals surface area contributed by atoms with Crippen LogP contribution in [0.2, 0.25) is 0 Å². The fourth-order valence-corrected chi connectivity index (χ4v) is 3.50. The van der Waals surface area contributed by atoms with Crippen molar-refractivity contribution in [3.63, 3.8) is 0 Å². The molecule has 3 heterocycles. The number of aromatic nitrogens is 4. The molecule has 0 bridgehead atoms. The van der Waals surface area contributed by atoms with Gasteiger partial charge in [0.25, 0.3) is 0 Å². The van der Waals surface area contributed by atoms with E-state index in [1.165, 1.54) is 5.56 Å². The van der Waals surface area contributed by atoms with E-state index in [4.69, 9.17) is 0 Å². The van der Waals surface area contributed by atoms with Crippen LogP contribution in [0.15, 0.2) is 53.7 Å². The molecule has 152 valence electrons. The predicted octanol–water partition coefficient (Wildman–Crippen LogP) is 2.95. The Morgan fingerprint density at radius 3 is 2.93 bits per heavy atom. The minimum atomic E-state index is 0. The van der Waals surface area contributed by atoms with Crippen molar-refractivity contribution in [1.29, 1.82) is 0 Å². The van der Waals surface area contributed by atoms with Crippen LogP contribution in [-0.2, 0) is 19.5 Å². The molecular formula is C21H26IN7. The van der Waals surface area contributed by atoms with Crippen LogP contribution in [0.5, 0.6) is 0 Å². The summed E-state index contributed by atoms with van der Waals surface area (Å²) in [7, 11) is 1.80. The number of hydrogen-bond donors (Lipinski definition) is 2. The average molecular weight is 503 g/mol. The van der Waals surface area contributed by atoms with E-state index in [2.05, 4.69) is 55.0 Å². The third-order valence-electron chi connectivity index (χ3n) is 4.88. The van der Waals surface area contributed by atoms with Gasteiger partial charge in [0.15, 0.2) is 5.96 Å². The quantitative estimate of drug-likeness (QED) is 0.325. The molecule has 0 spiro atoms. The lowest BCUT2D eigenvalue weighted by molar-refractivity contribution is 0.392. The standard InChI is InChI=1S/C21H25N7.HI/c1-15-25-20-10-9-18(14-28(20)27-15)26-21(22-2)24-13-16-6-5-7-17(12-16)19-8-3-4-11-23-19;/h3-8,11-12,18H,9-10,13-14H2,1-2H3,(H2,22,24,26);1H. The molecular weight excluding hydrogens is 477 g/mol. The number of rotatable bonds is 4. The van der Waals surface area contributed by atoms with Crippen molar-refractivity contribution in [2.45, 2.75) is 38.9 Å². The molecule has 1 aliphatic heterocycles. The lowest BCUT2D eigenvalue weighted by Gasteiger charge is -2.25. The van der Waals surface area contributed by atoms with Crippen LogP contribution in [0, 0.1) is 6.92 Å². The first-order valence-corrected chi connectivity index (χ1v) is 9.59. The molecule has 0 saturated carbocycles. The van der Waals surface area contributed by atoms with Gasteiger partial charge in [-0.2, -0.15) is 5.10 Å². The molecule has 1 atom stereocenters. The van der Waals surface area contributed by atoms with Gasteiger partial charge in [0.2, 0.25) is 0 Å². The van der Waals surface area contributed by atoms with Crippen molar-refractivity contribution in [1.82, 2.24) is 30.4 Å². The highest BCUT2D eigenvalue weighted by molar-refractivity contribution is 14.0. The summed E-state index contributed by atoms with van der Waals surface area (Å²) in [6.07, 6.45) is 3.77. The highest BCUT2D eigenvalue weighted by Crippen LogP contribution is 2.17. The third-order valence-corrected chi connectivity index (χ3v) is 4.88. The zero-order valence-electron chi connectivity index (χ0n) is 16.7. The van der Waals surface area contributed by atoms with E-state index >= 15 is 0 Å². The monoisotopic (exact) mass is 503 g/mol.